The van der Waals surface area contributed by atoms with Crippen molar-refractivity contribution in [1.29, 1.82) is 0 Å². The molecule has 11 heteroatoms. The Kier molecular flexibility index (Phi) is 12.8. The predicted molar refractivity (Wildman–Crippen MR) is 213 cm³/mol. The van der Waals surface area contributed by atoms with Crippen LogP contribution < -0.4 is 0 Å². The fourth-order valence-electron chi connectivity index (χ4n) is 11.2. The zero-order chi connectivity index (χ0) is 41.0. The smallest absolute Gasteiger partial charge is 0.303 e. The molecule has 6 heterocycles. The highest BCUT2D eigenvalue weighted by Gasteiger charge is 2.64. The van der Waals surface area contributed by atoms with Crippen LogP contribution in [0.25, 0.3) is 0 Å². The van der Waals surface area contributed by atoms with Crippen LogP contribution in [-0.2, 0) is 38.0 Å². The Morgan fingerprint density at radius 3 is 2.34 bits per heavy atom. The van der Waals surface area contributed by atoms with Crippen molar-refractivity contribution in [2.45, 2.75) is 219 Å². The highest BCUT2D eigenvalue weighted by molar-refractivity contribution is 5.78. The van der Waals surface area contributed by atoms with Gasteiger partial charge >= 0.3 is 5.97 Å². The van der Waals surface area contributed by atoms with Crippen LogP contribution in [0.3, 0.4) is 0 Å². The van der Waals surface area contributed by atoms with E-state index in [1.165, 1.54) is 6.92 Å². The SMILES string of the molecule is CC[C@@H](C(C)=O)[C@H]1CC[C@H](C)[C@H]([C@@H](C)c2[nH]nc([C@H](CC)[C@H]3O[C@]4(C=C[C@@H](OC(C)=O)[C@]5(CC[C@@](C)([C@H]6CC[C@](O)(CC)[C@H](C)O6)O5)O4)[C@H](C)C[C@@H]3C)c2C)O1. The Morgan fingerprint density at radius 1 is 0.982 bits per heavy atom. The molecule has 2 N–H and O–H groups in total. The molecule has 1 aromatic heterocycles. The summed E-state index contributed by atoms with van der Waals surface area (Å²) in [5, 5.41) is 19.6. The highest BCUT2D eigenvalue weighted by atomic mass is 16.8. The van der Waals surface area contributed by atoms with E-state index in [2.05, 4.69) is 60.5 Å². The molecule has 0 saturated carbocycles. The van der Waals surface area contributed by atoms with Crippen molar-refractivity contribution in [3.63, 3.8) is 0 Å². The lowest BCUT2D eigenvalue weighted by atomic mass is 9.76. The number of nitrogens with zero attached hydrogens (tertiary/aromatic N) is 1. The molecule has 316 valence electrons. The minimum Gasteiger partial charge on any atom is -0.453 e. The monoisotopic (exact) mass is 785 g/mol. The zero-order valence-corrected chi connectivity index (χ0v) is 36.3. The molecule has 0 unspecified atom stereocenters. The van der Waals surface area contributed by atoms with E-state index in [1.807, 2.05) is 26.0 Å². The summed E-state index contributed by atoms with van der Waals surface area (Å²) in [7, 11) is 0. The number of ketones is 1. The number of nitrogens with one attached hydrogen (secondary N) is 1. The van der Waals surface area contributed by atoms with Crippen molar-refractivity contribution in [2.24, 2.45) is 23.7 Å². The molecule has 6 rings (SSSR count). The molecular weight excluding hydrogens is 713 g/mol. The summed E-state index contributed by atoms with van der Waals surface area (Å²) in [6.07, 6.45) is 9.60. The van der Waals surface area contributed by atoms with Gasteiger partial charge in [-0.2, -0.15) is 5.10 Å². The van der Waals surface area contributed by atoms with Gasteiger partial charge in [0.15, 0.2) is 11.9 Å². The van der Waals surface area contributed by atoms with Crippen LogP contribution in [0.5, 0.6) is 0 Å². The number of aliphatic hydroxyl groups is 1. The minimum absolute atomic E-state index is 0.0189. The van der Waals surface area contributed by atoms with Crippen molar-refractivity contribution in [3.05, 3.63) is 29.1 Å². The largest absolute Gasteiger partial charge is 0.453 e. The molecule has 0 aliphatic carbocycles. The number of carbonyl (C=O) groups excluding carboxylic acids is 2. The molecule has 2 spiro atoms. The fourth-order valence-corrected chi connectivity index (χ4v) is 11.2. The summed E-state index contributed by atoms with van der Waals surface area (Å²) in [5.74, 6) is -2.09. The van der Waals surface area contributed by atoms with Crippen molar-refractivity contribution in [3.8, 4) is 0 Å². The first kappa shape index (κ1) is 43.4. The number of aromatic nitrogens is 2. The van der Waals surface area contributed by atoms with Gasteiger partial charge in [-0.3, -0.25) is 14.7 Å². The van der Waals surface area contributed by atoms with Crippen LogP contribution in [0.2, 0.25) is 0 Å². The Morgan fingerprint density at radius 2 is 1.71 bits per heavy atom. The van der Waals surface area contributed by atoms with Crippen molar-refractivity contribution >= 4 is 11.8 Å². The van der Waals surface area contributed by atoms with Crippen molar-refractivity contribution < 1.29 is 43.1 Å². The van der Waals surface area contributed by atoms with Crippen LogP contribution >= 0.6 is 0 Å². The number of carbonyl (C=O) groups is 2. The van der Waals surface area contributed by atoms with E-state index in [-0.39, 0.29) is 65.9 Å². The normalized spacial score (nSPS) is 43.1. The second-order valence-electron chi connectivity index (χ2n) is 18.7. The van der Waals surface area contributed by atoms with E-state index in [0.717, 1.165) is 49.1 Å². The maximum Gasteiger partial charge on any atom is 0.303 e. The number of aromatic amines is 1. The van der Waals surface area contributed by atoms with Crippen LogP contribution in [0.4, 0.5) is 0 Å². The number of H-pyrrole nitrogens is 1. The average Bonchev–Trinajstić information content (AvgIpc) is 3.70. The number of rotatable bonds is 11. The molecule has 0 aromatic carbocycles. The predicted octanol–water partition coefficient (Wildman–Crippen LogP) is 8.36. The summed E-state index contributed by atoms with van der Waals surface area (Å²) in [6.45, 7) is 24.4. The Bertz CT molecular complexity index is 1600. The number of ether oxygens (including phenoxy) is 6. The third-order valence-corrected chi connectivity index (χ3v) is 14.9. The summed E-state index contributed by atoms with van der Waals surface area (Å²) in [4.78, 5) is 25.0. The molecule has 16 atom stereocenters. The van der Waals surface area contributed by atoms with Crippen LogP contribution in [0.1, 0.15) is 169 Å². The molecule has 11 nitrogen and oxygen atoms in total. The lowest BCUT2D eigenvalue weighted by Crippen LogP contribution is -2.63. The van der Waals surface area contributed by atoms with Gasteiger partial charge in [0.1, 0.15) is 5.78 Å². The van der Waals surface area contributed by atoms with E-state index in [0.29, 0.717) is 38.0 Å². The lowest BCUT2D eigenvalue weighted by molar-refractivity contribution is -0.408. The number of hydrogen-bond donors (Lipinski definition) is 2. The number of Topliss-reactive ketones (excluding diaryl/α,β-unsaturated/α-hetero) is 1. The molecule has 1 aromatic rings. The molecular formula is C45H72N2O9. The maximum absolute atomic E-state index is 12.5. The van der Waals surface area contributed by atoms with E-state index < -0.39 is 34.8 Å². The first-order chi connectivity index (χ1) is 26.4. The zero-order valence-electron chi connectivity index (χ0n) is 36.3. The fraction of sp³-hybridized carbons (Fsp3) is 0.844. The van der Waals surface area contributed by atoms with Crippen LogP contribution in [-0.4, -0.2) is 86.5 Å². The first-order valence-corrected chi connectivity index (χ1v) is 21.9. The van der Waals surface area contributed by atoms with Gasteiger partial charge in [-0.25, -0.2) is 0 Å². The van der Waals surface area contributed by atoms with E-state index in [9.17, 15) is 14.7 Å². The Labute approximate surface area is 335 Å². The summed E-state index contributed by atoms with van der Waals surface area (Å²) in [5.41, 5.74) is 1.61. The highest BCUT2D eigenvalue weighted by Crippen LogP contribution is 2.55. The Hall–Kier alpha value is -2.15. The van der Waals surface area contributed by atoms with Crippen LogP contribution in [0, 0.1) is 30.6 Å². The maximum atomic E-state index is 12.5. The molecule has 56 heavy (non-hydrogen) atoms. The van der Waals surface area contributed by atoms with E-state index in [4.69, 9.17) is 33.5 Å². The second kappa shape index (κ2) is 16.5. The molecule has 0 radical (unpaired) electrons. The number of hydrogen-bond acceptors (Lipinski definition) is 10. The number of esters is 1. The van der Waals surface area contributed by atoms with Crippen molar-refractivity contribution in [2.75, 3.05) is 0 Å². The van der Waals surface area contributed by atoms with Gasteiger partial charge in [-0.15, -0.1) is 0 Å². The third kappa shape index (κ3) is 7.83. The van der Waals surface area contributed by atoms with Gasteiger partial charge in [0.2, 0.25) is 5.79 Å². The van der Waals surface area contributed by atoms with Crippen LogP contribution in [0.15, 0.2) is 12.2 Å². The average molecular weight is 785 g/mol. The van der Waals surface area contributed by atoms with Gasteiger partial charge < -0.3 is 33.5 Å². The summed E-state index contributed by atoms with van der Waals surface area (Å²) >= 11 is 0. The van der Waals surface area contributed by atoms with Gasteiger partial charge in [-0.05, 0) is 115 Å². The van der Waals surface area contributed by atoms with E-state index in [1.54, 1.807) is 6.92 Å². The van der Waals surface area contributed by atoms with Gasteiger partial charge in [0.25, 0.3) is 0 Å². The second-order valence-corrected chi connectivity index (χ2v) is 18.7. The standard InChI is InChI=1S/C45H72N2O9/c1-13-33(30(9)48)35-17-16-25(4)40(53-35)29(8)38-28(7)39(47-46-38)34(14-2)41-26(5)24-27(6)44(54-41)21-19-37(52-32(11)49)45(56-44)23-22-42(12,55-45)36-18-20-43(50,15-3)31(10)51-36/h19,21,25-27,29,31,33-37,40-41,50H,13-18,20,22-24H2,1-12H3,(H,46,47)/t25-,26-,27+,29-,31-,33-,34-,35+,36+,37+,40+,41-,42-,43+,44-,45-/m0/s1. The Balaban J connectivity index is 1.26. The summed E-state index contributed by atoms with van der Waals surface area (Å²) in [6, 6.07) is 0. The molecule has 4 saturated heterocycles. The van der Waals surface area contributed by atoms with Gasteiger partial charge in [-0.1, -0.05) is 48.5 Å². The van der Waals surface area contributed by atoms with Gasteiger partial charge in [0.05, 0.1) is 47.4 Å². The van der Waals surface area contributed by atoms with E-state index >= 15 is 0 Å². The minimum atomic E-state index is -1.28. The first-order valence-electron chi connectivity index (χ1n) is 21.9. The third-order valence-electron chi connectivity index (χ3n) is 14.9. The molecule has 5 aliphatic rings. The van der Waals surface area contributed by atoms with Crippen molar-refractivity contribution in [1.82, 2.24) is 10.2 Å². The molecule has 0 bridgehead atoms. The molecule has 5 aliphatic heterocycles. The topological polar surface area (TPSA) is 138 Å². The molecule has 0 amide bonds. The lowest BCUT2D eigenvalue weighted by Gasteiger charge is -2.54. The quantitative estimate of drug-likeness (QED) is 0.166. The summed E-state index contributed by atoms with van der Waals surface area (Å²) < 4.78 is 40.8. The molecule has 4 fully saturated rings. The van der Waals surface area contributed by atoms with Gasteiger partial charge in [0, 0.05) is 42.7 Å².